The molecule has 3 aliphatic rings. The van der Waals surface area contributed by atoms with Gasteiger partial charge in [-0.1, -0.05) is 41.9 Å². The first-order valence-corrected chi connectivity index (χ1v) is 11.9. The van der Waals surface area contributed by atoms with E-state index in [9.17, 15) is 19.2 Å². The number of benzene rings is 3. The molecule has 8 nitrogen and oxygen atoms in total. The van der Waals surface area contributed by atoms with Crippen LogP contribution in [0, 0.1) is 11.8 Å². The Morgan fingerprint density at radius 2 is 1.43 bits per heavy atom. The molecule has 2 aliphatic heterocycles. The molecule has 3 aromatic rings. The predicted molar refractivity (Wildman–Crippen MR) is 132 cm³/mol. The van der Waals surface area contributed by atoms with Gasteiger partial charge >= 0.3 is 0 Å². The fourth-order valence-electron chi connectivity index (χ4n) is 5.69. The Morgan fingerprint density at radius 3 is 2.03 bits per heavy atom. The number of carbonyl (C=O) groups excluding carboxylic acids is 4. The number of amides is 2. The Hall–Kier alpha value is -4.01. The zero-order chi connectivity index (χ0) is 26.1. The number of halogens is 1. The number of Topliss-reactive ketones (excluding diaryl/α,β-unsaturated/α-hetero) is 2. The number of carbonyl (C=O) groups is 4. The van der Waals surface area contributed by atoms with Crippen molar-refractivity contribution in [2.75, 3.05) is 19.1 Å². The Bertz CT molecular complexity index is 1460. The number of fused-ring (bicyclic) bond motifs is 3. The minimum Gasteiger partial charge on any atom is -0.493 e. The van der Waals surface area contributed by atoms with Crippen molar-refractivity contribution in [2.24, 2.45) is 11.8 Å². The largest absolute Gasteiger partial charge is 0.493 e. The van der Waals surface area contributed by atoms with E-state index >= 15 is 0 Å². The molecule has 0 radical (unpaired) electrons. The van der Waals surface area contributed by atoms with Gasteiger partial charge in [0.2, 0.25) is 29.0 Å². The lowest BCUT2D eigenvalue weighted by atomic mass is 9.77. The summed E-state index contributed by atoms with van der Waals surface area (Å²) >= 11 is 6.01. The molecule has 0 N–H and O–H groups in total. The molecule has 6 rings (SSSR count). The Kier molecular flexibility index (Phi) is 5.22. The Balaban J connectivity index is 1.54. The minimum absolute atomic E-state index is 0.171. The van der Waals surface area contributed by atoms with Crippen LogP contribution in [0.4, 0.5) is 5.69 Å². The number of nitrogens with zero attached hydrogens (tertiary/aromatic N) is 1. The summed E-state index contributed by atoms with van der Waals surface area (Å²) in [6.45, 7) is 0. The third-order valence-corrected chi connectivity index (χ3v) is 7.59. The van der Waals surface area contributed by atoms with Crippen LogP contribution in [-0.2, 0) is 14.3 Å². The van der Waals surface area contributed by atoms with E-state index in [0.29, 0.717) is 27.8 Å². The lowest BCUT2D eigenvalue weighted by Crippen LogP contribution is -2.51. The molecule has 1 aliphatic carbocycles. The molecule has 2 heterocycles. The maximum atomic E-state index is 13.9. The Morgan fingerprint density at radius 1 is 0.811 bits per heavy atom. The molecule has 1 spiro atoms. The quantitative estimate of drug-likeness (QED) is 0.380. The van der Waals surface area contributed by atoms with Crippen LogP contribution in [0.2, 0.25) is 5.02 Å². The fourth-order valence-corrected chi connectivity index (χ4v) is 5.82. The molecule has 3 unspecified atom stereocenters. The zero-order valence-electron chi connectivity index (χ0n) is 19.8. The van der Waals surface area contributed by atoms with E-state index in [1.807, 2.05) is 0 Å². The summed E-state index contributed by atoms with van der Waals surface area (Å²) in [5, 5.41) is 0.433. The molecule has 0 saturated carbocycles. The van der Waals surface area contributed by atoms with E-state index in [4.69, 9.17) is 25.8 Å². The summed E-state index contributed by atoms with van der Waals surface area (Å²) in [5.41, 5.74) is -1.04. The van der Waals surface area contributed by atoms with Gasteiger partial charge in [-0.05, 0) is 42.0 Å². The molecular formula is C28H20ClNO7. The molecule has 37 heavy (non-hydrogen) atoms. The second-order valence-electron chi connectivity index (χ2n) is 9.08. The van der Waals surface area contributed by atoms with Crippen LogP contribution in [0.5, 0.6) is 11.5 Å². The van der Waals surface area contributed by atoms with E-state index in [-0.39, 0.29) is 11.1 Å². The summed E-state index contributed by atoms with van der Waals surface area (Å²) < 4.78 is 17.0. The third-order valence-electron chi connectivity index (χ3n) is 7.34. The average molecular weight is 518 g/mol. The second-order valence-corrected chi connectivity index (χ2v) is 9.52. The highest BCUT2D eigenvalue weighted by molar-refractivity contribution is 6.37. The highest BCUT2D eigenvalue weighted by Gasteiger charge is 2.74. The average Bonchev–Trinajstić information content (AvgIpc) is 3.49. The molecule has 3 aromatic carbocycles. The summed E-state index contributed by atoms with van der Waals surface area (Å²) in [6.07, 6.45) is -1.07. The van der Waals surface area contributed by atoms with Gasteiger partial charge in [-0.15, -0.1) is 0 Å². The van der Waals surface area contributed by atoms with Gasteiger partial charge in [0.15, 0.2) is 11.5 Å². The number of ether oxygens (including phenoxy) is 3. The Labute approximate surface area is 216 Å². The highest BCUT2D eigenvalue weighted by atomic mass is 35.5. The highest BCUT2D eigenvalue weighted by Crippen LogP contribution is 2.58. The van der Waals surface area contributed by atoms with Crippen molar-refractivity contribution in [3.63, 3.8) is 0 Å². The van der Waals surface area contributed by atoms with Crippen molar-refractivity contribution in [2.45, 2.75) is 11.7 Å². The van der Waals surface area contributed by atoms with Gasteiger partial charge in [-0.25, -0.2) is 4.90 Å². The van der Waals surface area contributed by atoms with Crippen molar-refractivity contribution < 1.29 is 33.4 Å². The maximum absolute atomic E-state index is 13.9. The summed E-state index contributed by atoms with van der Waals surface area (Å²) in [7, 11) is 2.96. The number of anilines is 1. The van der Waals surface area contributed by atoms with Gasteiger partial charge in [0.05, 0.1) is 37.8 Å². The number of hydrogen-bond acceptors (Lipinski definition) is 7. The van der Waals surface area contributed by atoms with Crippen molar-refractivity contribution in [3.05, 3.63) is 88.4 Å². The standard InChI is InChI=1S/C28H20ClNO7/c1-35-19-12-7-14(13-20(19)36-2)23-21-22(27(34)30(26(21)33)16-10-8-15(29)9-11-16)28(37-23)24(31)17-5-3-4-6-18(17)25(28)32/h3-13,21-23H,1-2H3. The summed E-state index contributed by atoms with van der Waals surface area (Å²) in [4.78, 5) is 56.5. The van der Waals surface area contributed by atoms with Gasteiger partial charge in [0.25, 0.3) is 0 Å². The van der Waals surface area contributed by atoms with E-state index in [1.165, 1.54) is 26.4 Å². The fraction of sp³-hybridized carbons (Fsp3) is 0.214. The van der Waals surface area contributed by atoms with Crippen LogP contribution in [-0.4, -0.2) is 43.2 Å². The number of rotatable bonds is 4. The third kappa shape index (κ3) is 3.06. The van der Waals surface area contributed by atoms with Crippen molar-refractivity contribution in [1.29, 1.82) is 0 Å². The van der Waals surface area contributed by atoms with Crippen LogP contribution in [0.1, 0.15) is 32.4 Å². The second kappa shape index (κ2) is 8.26. The van der Waals surface area contributed by atoms with Crippen LogP contribution in [0.3, 0.4) is 0 Å². The van der Waals surface area contributed by atoms with Gasteiger partial charge in [-0.2, -0.15) is 0 Å². The van der Waals surface area contributed by atoms with E-state index in [1.54, 1.807) is 54.6 Å². The van der Waals surface area contributed by atoms with Gasteiger partial charge < -0.3 is 14.2 Å². The van der Waals surface area contributed by atoms with Crippen molar-refractivity contribution >= 4 is 40.7 Å². The topological polar surface area (TPSA) is 99.2 Å². The van der Waals surface area contributed by atoms with Crippen LogP contribution >= 0.6 is 11.6 Å². The molecule has 2 saturated heterocycles. The van der Waals surface area contributed by atoms with E-state index in [0.717, 1.165) is 4.90 Å². The lowest BCUT2D eigenvalue weighted by molar-refractivity contribution is -0.127. The monoisotopic (exact) mass is 517 g/mol. The van der Waals surface area contributed by atoms with Crippen LogP contribution in [0.25, 0.3) is 0 Å². The van der Waals surface area contributed by atoms with Crippen molar-refractivity contribution in [1.82, 2.24) is 0 Å². The molecule has 9 heteroatoms. The zero-order valence-corrected chi connectivity index (χ0v) is 20.5. The smallest absolute Gasteiger partial charge is 0.241 e. The van der Waals surface area contributed by atoms with Gasteiger partial charge in [0, 0.05) is 16.1 Å². The van der Waals surface area contributed by atoms with E-state index in [2.05, 4.69) is 0 Å². The van der Waals surface area contributed by atoms with Crippen molar-refractivity contribution in [3.8, 4) is 11.5 Å². The van der Waals surface area contributed by atoms with E-state index < -0.39 is 46.9 Å². The number of imide groups is 1. The number of hydrogen-bond donors (Lipinski definition) is 0. The first-order chi connectivity index (χ1) is 17.8. The minimum atomic E-state index is -2.15. The summed E-state index contributed by atoms with van der Waals surface area (Å²) in [6, 6.07) is 17.5. The molecule has 0 aromatic heterocycles. The molecule has 3 atom stereocenters. The normalized spacial score (nSPS) is 23.5. The lowest BCUT2D eigenvalue weighted by Gasteiger charge is -2.27. The number of ketones is 2. The first-order valence-electron chi connectivity index (χ1n) is 11.5. The summed E-state index contributed by atoms with van der Waals surface area (Å²) in [5.74, 6) is -4.12. The first kappa shape index (κ1) is 23.4. The predicted octanol–water partition coefficient (Wildman–Crippen LogP) is 4.05. The molecule has 0 bridgehead atoms. The SMILES string of the molecule is COc1ccc(C2OC3(C(=O)c4ccccc4C3=O)C3C(=O)N(c4ccc(Cl)cc4)C(=O)C23)cc1OC. The molecule has 2 fully saturated rings. The van der Waals surface area contributed by atoms with Gasteiger partial charge in [0.1, 0.15) is 0 Å². The molecule has 2 amide bonds. The van der Waals surface area contributed by atoms with Gasteiger partial charge in [-0.3, -0.25) is 19.2 Å². The number of methoxy groups -OCH3 is 2. The van der Waals surface area contributed by atoms with Crippen LogP contribution in [0.15, 0.2) is 66.7 Å². The molecule has 186 valence electrons. The maximum Gasteiger partial charge on any atom is 0.241 e. The molecular weight excluding hydrogens is 498 g/mol. The van der Waals surface area contributed by atoms with Crippen LogP contribution < -0.4 is 14.4 Å².